The molecule has 0 saturated carbocycles. The SMILES string of the molecule is CN1CCN(Cc2cnc3ccsc3c2)c2ccccc2C1. The van der Waals surface area contributed by atoms with Gasteiger partial charge in [-0.05, 0) is 41.8 Å². The van der Waals surface area contributed by atoms with Crippen LogP contribution in [-0.2, 0) is 13.1 Å². The van der Waals surface area contributed by atoms with Crippen molar-refractivity contribution in [2.24, 2.45) is 0 Å². The van der Waals surface area contributed by atoms with Crippen LogP contribution in [0.25, 0.3) is 10.2 Å². The second kappa shape index (κ2) is 5.71. The maximum atomic E-state index is 4.57. The molecule has 0 unspecified atom stereocenters. The molecule has 3 aromatic rings. The van der Waals surface area contributed by atoms with Gasteiger partial charge in [0.05, 0.1) is 10.2 Å². The molecule has 22 heavy (non-hydrogen) atoms. The largest absolute Gasteiger partial charge is 0.366 e. The summed E-state index contributed by atoms with van der Waals surface area (Å²) in [5, 5.41) is 2.11. The molecule has 0 saturated heterocycles. The number of hydrogen-bond acceptors (Lipinski definition) is 4. The van der Waals surface area contributed by atoms with E-state index in [9.17, 15) is 0 Å². The number of rotatable bonds is 2. The topological polar surface area (TPSA) is 19.4 Å². The minimum atomic E-state index is 0.922. The van der Waals surface area contributed by atoms with E-state index in [1.165, 1.54) is 21.5 Å². The van der Waals surface area contributed by atoms with Crippen LogP contribution in [0.5, 0.6) is 0 Å². The average Bonchev–Trinajstić information content (AvgIpc) is 2.93. The third-order valence-corrected chi connectivity index (χ3v) is 5.11. The Hall–Kier alpha value is -1.91. The summed E-state index contributed by atoms with van der Waals surface area (Å²) in [5.41, 5.74) is 5.16. The second-order valence-electron chi connectivity index (χ2n) is 5.94. The molecular formula is C18H19N3S. The van der Waals surface area contributed by atoms with Crippen molar-refractivity contribution >= 4 is 27.2 Å². The highest BCUT2D eigenvalue weighted by molar-refractivity contribution is 7.17. The zero-order valence-corrected chi connectivity index (χ0v) is 13.5. The lowest BCUT2D eigenvalue weighted by atomic mass is 10.1. The molecule has 3 nitrogen and oxygen atoms in total. The van der Waals surface area contributed by atoms with Crippen molar-refractivity contribution in [3.63, 3.8) is 0 Å². The van der Waals surface area contributed by atoms with E-state index in [1.807, 2.05) is 6.20 Å². The second-order valence-corrected chi connectivity index (χ2v) is 6.88. The van der Waals surface area contributed by atoms with Gasteiger partial charge in [-0.15, -0.1) is 11.3 Å². The maximum Gasteiger partial charge on any atom is 0.0809 e. The number of pyridine rings is 1. The molecule has 1 aliphatic rings. The van der Waals surface area contributed by atoms with Crippen molar-refractivity contribution < 1.29 is 0 Å². The van der Waals surface area contributed by atoms with E-state index < -0.39 is 0 Å². The highest BCUT2D eigenvalue weighted by Gasteiger charge is 2.17. The number of thiophene rings is 1. The first-order valence-electron chi connectivity index (χ1n) is 7.63. The van der Waals surface area contributed by atoms with Crippen molar-refractivity contribution in [2.75, 3.05) is 25.0 Å². The van der Waals surface area contributed by atoms with Gasteiger partial charge in [0.2, 0.25) is 0 Å². The minimum Gasteiger partial charge on any atom is -0.366 e. The number of aromatic nitrogens is 1. The van der Waals surface area contributed by atoms with Gasteiger partial charge in [-0.1, -0.05) is 18.2 Å². The Bertz CT molecular complexity index is 796. The first kappa shape index (κ1) is 13.7. The third-order valence-electron chi connectivity index (χ3n) is 4.26. The van der Waals surface area contributed by atoms with Crippen LogP contribution in [-0.4, -0.2) is 30.0 Å². The Labute approximate surface area is 134 Å². The molecule has 3 heterocycles. The zero-order valence-electron chi connectivity index (χ0n) is 12.7. The fourth-order valence-electron chi connectivity index (χ4n) is 3.09. The van der Waals surface area contributed by atoms with E-state index in [1.54, 1.807) is 11.3 Å². The Morgan fingerprint density at radius 1 is 1.18 bits per heavy atom. The van der Waals surface area contributed by atoms with Crippen LogP contribution in [0.1, 0.15) is 11.1 Å². The Morgan fingerprint density at radius 3 is 3.05 bits per heavy atom. The molecule has 1 aliphatic heterocycles. The Kier molecular flexibility index (Phi) is 3.56. The van der Waals surface area contributed by atoms with Gasteiger partial charge in [0.25, 0.3) is 0 Å². The van der Waals surface area contributed by atoms with Crippen LogP contribution in [0.2, 0.25) is 0 Å². The lowest BCUT2D eigenvalue weighted by Gasteiger charge is -2.24. The molecule has 0 atom stereocenters. The number of nitrogens with zero attached hydrogens (tertiary/aromatic N) is 3. The summed E-state index contributed by atoms with van der Waals surface area (Å²) in [6, 6.07) is 13.1. The summed E-state index contributed by atoms with van der Waals surface area (Å²) in [6.45, 7) is 4.08. The molecule has 4 rings (SSSR count). The van der Waals surface area contributed by atoms with Crippen LogP contribution in [0.4, 0.5) is 5.69 Å². The highest BCUT2D eigenvalue weighted by atomic mass is 32.1. The summed E-state index contributed by atoms with van der Waals surface area (Å²) < 4.78 is 1.28. The molecule has 0 N–H and O–H groups in total. The van der Waals surface area contributed by atoms with E-state index in [-0.39, 0.29) is 0 Å². The van der Waals surface area contributed by atoms with Gasteiger partial charge in [0, 0.05) is 38.1 Å². The number of anilines is 1. The molecule has 0 amide bonds. The molecule has 0 spiro atoms. The van der Waals surface area contributed by atoms with Crippen molar-refractivity contribution in [3.8, 4) is 0 Å². The van der Waals surface area contributed by atoms with Gasteiger partial charge in [0.15, 0.2) is 0 Å². The van der Waals surface area contributed by atoms with Crippen molar-refractivity contribution in [1.82, 2.24) is 9.88 Å². The van der Waals surface area contributed by atoms with Crippen LogP contribution in [0.15, 0.2) is 48.0 Å². The highest BCUT2D eigenvalue weighted by Crippen LogP contribution is 2.27. The average molecular weight is 309 g/mol. The van der Waals surface area contributed by atoms with Gasteiger partial charge < -0.3 is 9.80 Å². The van der Waals surface area contributed by atoms with E-state index in [0.717, 1.165) is 31.7 Å². The smallest absolute Gasteiger partial charge is 0.0809 e. The predicted octanol–water partition coefficient (Wildman–Crippen LogP) is 3.75. The number of fused-ring (bicyclic) bond motifs is 2. The minimum absolute atomic E-state index is 0.922. The number of benzene rings is 1. The first-order chi connectivity index (χ1) is 10.8. The van der Waals surface area contributed by atoms with E-state index in [2.05, 4.69) is 63.6 Å². The number of likely N-dealkylation sites (N-methyl/N-ethyl adjacent to an activating group) is 1. The Morgan fingerprint density at radius 2 is 2.09 bits per heavy atom. The molecular weight excluding hydrogens is 290 g/mol. The van der Waals surface area contributed by atoms with Crippen molar-refractivity contribution in [1.29, 1.82) is 0 Å². The van der Waals surface area contributed by atoms with E-state index in [0.29, 0.717) is 0 Å². The molecule has 0 bridgehead atoms. The fourth-order valence-corrected chi connectivity index (χ4v) is 3.90. The predicted molar refractivity (Wildman–Crippen MR) is 93.4 cm³/mol. The standard InChI is InChI=1S/C18H19N3S/c1-20-7-8-21(17-5-3-2-4-15(17)13-20)12-14-10-18-16(19-11-14)6-9-22-18/h2-6,9-11H,7-8,12-13H2,1H3. The molecule has 0 fully saturated rings. The van der Waals surface area contributed by atoms with Crippen molar-refractivity contribution in [2.45, 2.75) is 13.1 Å². The summed E-state index contributed by atoms with van der Waals surface area (Å²) in [5.74, 6) is 0. The Balaban J connectivity index is 1.66. The van der Waals surface area contributed by atoms with Crippen LogP contribution >= 0.6 is 11.3 Å². The fraction of sp³-hybridized carbons (Fsp3) is 0.278. The third kappa shape index (κ3) is 2.60. The van der Waals surface area contributed by atoms with E-state index in [4.69, 9.17) is 0 Å². The first-order valence-corrected chi connectivity index (χ1v) is 8.51. The summed E-state index contributed by atoms with van der Waals surface area (Å²) in [6.07, 6.45) is 2.02. The summed E-state index contributed by atoms with van der Waals surface area (Å²) in [4.78, 5) is 9.44. The lowest BCUT2D eigenvalue weighted by molar-refractivity contribution is 0.341. The van der Waals surface area contributed by atoms with Gasteiger partial charge in [0.1, 0.15) is 0 Å². The number of para-hydroxylation sites is 1. The molecule has 4 heteroatoms. The quantitative estimate of drug-likeness (QED) is 0.719. The normalized spacial score (nSPS) is 15.8. The monoisotopic (exact) mass is 309 g/mol. The zero-order chi connectivity index (χ0) is 14.9. The van der Waals surface area contributed by atoms with Crippen LogP contribution in [0, 0.1) is 0 Å². The summed E-state index contributed by atoms with van der Waals surface area (Å²) >= 11 is 1.76. The lowest BCUT2D eigenvalue weighted by Crippen LogP contribution is -2.29. The van der Waals surface area contributed by atoms with Gasteiger partial charge in [-0.3, -0.25) is 4.98 Å². The van der Waals surface area contributed by atoms with Crippen LogP contribution < -0.4 is 4.90 Å². The van der Waals surface area contributed by atoms with Crippen LogP contribution in [0.3, 0.4) is 0 Å². The van der Waals surface area contributed by atoms with Crippen molar-refractivity contribution in [3.05, 3.63) is 59.1 Å². The summed E-state index contributed by atoms with van der Waals surface area (Å²) in [7, 11) is 2.19. The van der Waals surface area contributed by atoms with Gasteiger partial charge in [-0.25, -0.2) is 0 Å². The van der Waals surface area contributed by atoms with Gasteiger partial charge in [-0.2, -0.15) is 0 Å². The molecule has 112 valence electrons. The molecule has 1 aromatic carbocycles. The molecule has 0 radical (unpaired) electrons. The maximum absolute atomic E-state index is 4.57. The van der Waals surface area contributed by atoms with Gasteiger partial charge >= 0.3 is 0 Å². The number of hydrogen-bond donors (Lipinski definition) is 0. The molecule has 2 aromatic heterocycles. The molecule has 0 aliphatic carbocycles. The van der Waals surface area contributed by atoms with E-state index >= 15 is 0 Å².